The number of esters is 1. The number of halogens is 1. The maximum absolute atomic E-state index is 13.7. The summed E-state index contributed by atoms with van der Waals surface area (Å²) >= 11 is 0. The molecule has 0 bridgehead atoms. The van der Waals surface area contributed by atoms with Gasteiger partial charge in [0, 0.05) is 13.0 Å². The van der Waals surface area contributed by atoms with Gasteiger partial charge in [0.05, 0.1) is 6.61 Å². The van der Waals surface area contributed by atoms with Crippen molar-refractivity contribution >= 4 is 11.9 Å². The molecular weight excluding hydrogens is 213 g/mol. The van der Waals surface area contributed by atoms with E-state index < -0.39 is 12.3 Å². The third-order valence-corrected chi connectivity index (χ3v) is 2.61. The van der Waals surface area contributed by atoms with Crippen molar-refractivity contribution in [2.45, 2.75) is 45.3 Å². The third kappa shape index (κ3) is 3.47. The molecule has 92 valence electrons. The molecule has 16 heavy (non-hydrogen) atoms. The molecule has 0 aliphatic carbocycles. The minimum absolute atomic E-state index is 0.126. The Morgan fingerprint density at radius 2 is 2.12 bits per heavy atom. The molecule has 4 nitrogen and oxygen atoms in total. The Hall–Kier alpha value is -1.13. The molecule has 1 heterocycles. The molecule has 1 unspecified atom stereocenters. The summed E-state index contributed by atoms with van der Waals surface area (Å²) in [5.41, 5.74) is 0. The summed E-state index contributed by atoms with van der Waals surface area (Å²) in [5.74, 6) is -1.25. The van der Waals surface area contributed by atoms with E-state index in [1.807, 2.05) is 0 Å². The van der Waals surface area contributed by atoms with E-state index in [0.717, 1.165) is 30.6 Å². The molecule has 1 fully saturated rings. The van der Waals surface area contributed by atoms with Crippen molar-refractivity contribution in [1.82, 2.24) is 4.90 Å². The molecule has 0 N–H and O–H groups in total. The fraction of sp³-hybridized carbons (Fsp3) is 0.818. The van der Waals surface area contributed by atoms with Gasteiger partial charge in [-0.25, -0.2) is 9.18 Å². The van der Waals surface area contributed by atoms with E-state index in [2.05, 4.69) is 4.74 Å². The zero-order chi connectivity index (χ0) is 12.0. The molecule has 1 amide bonds. The van der Waals surface area contributed by atoms with Crippen molar-refractivity contribution in [3.63, 3.8) is 0 Å². The van der Waals surface area contributed by atoms with Gasteiger partial charge in [0.15, 0.2) is 0 Å². The number of rotatable bonds is 3. The fourth-order valence-corrected chi connectivity index (χ4v) is 1.76. The SMILES string of the molecule is CCOC(=O)C(F)N1CCCCCCC1=O. The van der Waals surface area contributed by atoms with Crippen LogP contribution in [0.15, 0.2) is 0 Å². The lowest BCUT2D eigenvalue weighted by Crippen LogP contribution is -2.44. The van der Waals surface area contributed by atoms with E-state index in [0.29, 0.717) is 13.0 Å². The van der Waals surface area contributed by atoms with Crippen molar-refractivity contribution < 1.29 is 18.7 Å². The largest absolute Gasteiger partial charge is 0.462 e. The summed E-state index contributed by atoms with van der Waals surface area (Å²) in [6, 6.07) is 0. The number of carbonyl (C=O) groups excluding carboxylic acids is 2. The van der Waals surface area contributed by atoms with Crippen LogP contribution in [0.3, 0.4) is 0 Å². The second-order valence-electron chi connectivity index (χ2n) is 3.84. The predicted molar refractivity (Wildman–Crippen MR) is 56.3 cm³/mol. The molecule has 0 aromatic rings. The smallest absolute Gasteiger partial charge is 0.362 e. The molecule has 1 atom stereocenters. The first-order valence-electron chi connectivity index (χ1n) is 5.77. The van der Waals surface area contributed by atoms with Gasteiger partial charge in [-0.1, -0.05) is 12.8 Å². The molecule has 0 aromatic heterocycles. The number of nitrogens with zero attached hydrogens (tertiary/aromatic N) is 1. The second-order valence-corrected chi connectivity index (χ2v) is 3.84. The monoisotopic (exact) mass is 231 g/mol. The van der Waals surface area contributed by atoms with Crippen LogP contribution in [-0.4, -0.2) is 36.2 Å². The molecule has 0 saturated carbocycles. The first-order valence-corrected chi connectivity index (χ1v) is 5.77. The third-order valence-electron chi connectivity index (χ3n) is 2.61. The summed E-state index contributed by atoms with van der Waals surface area (Å²) in [6.07, 6.45) is 1.86. The highest BCUT2D eigenvalue weighted by molar-refractivity contribution is 5.83. The van der Waals surface area contributed by atoms with Crippen LogP contribution in [0.5, 0.6) is 0 Å². The Morgan fingerprint density at radius 3 is 2.81 bits per heavy atom. The van der Waals surface area contributed by atoms with Crippen LogP contribution in [0.2, 0.25) is 0 Å². The van der Waals surface area contributed by atoms with E-state index >= 15 is 0 Å². The number of ether oxygens (including phenoxy) is 1. The summed E-state index contributed by atoms with van der Waals surface area (Å²) < 4.78 is 18.2. The van der Waals surface area contributed by atoms with Gasteiger partial charge in [0.1, 0.15) is 0 Å². The van der Waals surface area contributed by atoms with E-state index in [9.17, 15) is 14.0 Å². The number of carbonyl (C=O) groups is 2. The molecule has 1 aliphatic rings. The Bertz CT molecular complexity index is 258. The number of alkyl halides is 1. The summed E-state index contributed by atoms with van der Waals surface area (Å²) in [5, 5.41) is 0. The highest BCUT2D eigenvalue weighted by atomic mass is 19.1. The van der Waals surface area contributed by atoms with Crippen LogP contribution >= 0.6 is 0 Å². The molecular formula is C11H18FNO3. The predicted octanol–water partition coefficient (Wildman–Crippen LogP) is 1.64. The zero-order valence-corrected chi connectivity index (χ0v) is 9.58. The quantitative estimate of drug-likeness (QED) is 0.548. The number of amides is 1. The highest BCUT2D eigenvalue weighted by Crippen LogP contribution is 2.15. The Balaban J connectivity index is 2.59. The highest BCUT2D eigenvalue weighted by Gasteiger charge is 2.30. The lowest BCUT2D eigenvalue weighted by atomic mass is 10.1. The molecule has 5 heteroatoms. The van der Waals surface area contributed by atoms with E-state index in [1.165, 1.54) is 0 Å². The molecule has 1 saturated heterocycles. The van der Waals surface area contributed by atoms with Crippen LogP contribution in [0, 0.1) is 0 Å². The average molecular weight is 231 g/mol. The summed E-state index contributed by atoms with van der Waals surface area (Å²) in [7, 11) is 0. The normalized spacial score (nSPS) is 19.9. The van der Waals surface area contributed by atoms with Crippen LogP contribution in [0.1, 0.15) is 39.0 Å². The lowest BCUT2D eigenvalue weighted by Gasteiger charge is -2.26. The number of hydrogen-bond acceptors (Lipinski definition) is 3. The van der Waals surface area contributed by atoms with Gasteiger partial charge < -0.3 is 9.64 Å². The van der Waals surface area contributed by atoms with Gasteiger partial charge in [0.2, 0.25) is 5.91 Å². The van der Waals surface area contributed by atoms with Gasteiger partial charge >= 0.3 is 5.97 Å². The van der Waals surface area contributed by atoms with Crippen LogP contribution < -0.4 is 0 Å². The molecule has 1 aliphatic heterocycles. The Labute approximate surface area is 94.7 Å². The van der Waals surface area contributed by atoms with Crippen molar-refractivity contribution in [3.8, 4) is 0 Å². The van der Waals surface area contributed by atoms with Crippen molar-refractivity contribution in [2.24, 2.45) is 0 Å². The average Bonchev–Trinajstić information content (AvgIpc) is 2.24. The fourth-order valence-electron chi connectivity index (χ4n) is 1.76. The van der Waals surface area contributed by atoms with Crippen LogP contribution in [-0.2, 0) is 14.3 Å². The van der Waals surface area contributed by atoms with Gasteiger partial charge in [-0.3, -0.25) is 4.79 Å². The van der Waals surface area contributed by atoms with E-state index in [-0.39, 0.29) is 12.5 Å². The second kappa shape index (κ2) is 6.45. The van der Waals surface area contributed by atoms with Crippen molar-refractivity contribution in [3.05, 3.63) is 0 Å². The van der Waals surface area contributed by atoms with Crippen LogP contribution in [0.4, 0.5) is 4.39 Å². The van der Waals surface area contributed by atoms with Gasteiger partial charge in [-0.05, 0) is 19.8 Å². The van der Waals surface area contributed by atoms with Crippen LogP contribution in [0.25, 0.3) is 0 Å². The minimum atomic E-state index is -1.94. The van der Waals surface area contributed by atoms with Crippen molar-refractivity contribution in [1.29, 1.82) is 0 Å². The molecule has 0 spiro atoms. The summed E-state index contributed by atoms with van der Waals surface area (Å²) in [4.78, 5) is 23.8. The van der Waals surface area contributed by atoms with Gasteiger partial charge in [-0.2, -0.15) is 0 Å². The molecule has 0 radical (unpaired) electrons. The van der Waals surface area contributed by atoms with Crippen molar-refractivity contribution in [2.75, 3.05) is 13.2 Å². The minimum Gasteiger partial charge on any atom is -0.462 e. The van der Waals surface area contributed by atoms with Gasteiger partial charge in [0.25, 0.3) is 6.30 Å². The topological polar surface area (TPSA) is 46.6 Å². The number of likely N-dealkylation sites (tertiary alicyclic amines) is 1. The number of hydrogen-bond donors (Lipinski definition) is 0. The van der Waals surface area contributed by atoms with E-state index in [4.69, 9.17) is 0 Å². The Kier molecular flexibility index (Phi) is 5.22. The summed E-state index contributed by atoms with van der Waals surface area (Å²) in [6.45, 7) is 2.04. The van der Waals surface area contributed by atoms with Gasteiger partial charge in [-0.15, -0.1) is 0 Å². The standard InChI is InChI=1S/C11H18FNO3/c1-2-16-11(15)10(12)13-8-6-4-3-5-7-9(13)14/h10H,2-8H2,1H3. The Morgan fingerprint density at radius 1 is 1.44 bits per heavy atom. The first kappa shape index (κ1) is 12.9. The maximum Gasteiger partial charge on any atom is 0.362 e. The van der Waals surface area contributed by atoms with E-state index in [1.54, 1.807) is 6.92 Å². The molecule has 0 aromatic carbocycles. The molecule has 1 rings (SSSR count). The zero-order valence-electron chi connectivity index (χ0n) is 9.58. The lowest BCUT2D eigenvalue weighted by molar-refractivity contribution is -0.163. The maximum atomic E-state index is 13.7. The first-order chi connectivity index (χ1) is 7.66.